The van der Waals surface area contributed by atoms with Crippen molar-refractivity contribution >= 4 is 0 Å². The molecule has 0 aromatic rings. The molecule has 0 aromatic heterocycles. The molecule has 0 amide bonds. The Labute approximate surface area is 106 Å². The van der Waals surface area contributed by atoms with Gasteiger partial charge in [-0.1, -0.05) is 12.8 Å². The van der Waals surface area contributed by atoms with Crippen molar-refractivity contribution in [1.82, 2.24) is 5.32 Å². The maximum absolute atomic E-state index is 5.68. The fourth-order valence-corrected chi connectivity index (χ4v) is 5.41. The minimum absolute atomic E-state index is 0.316. The van der Waals surface area contributed by atoms with Crippen LogP contribution in [0, 0.1) is 35.5 Å². The lowest BCUT2D eigenvalue weighted by molar-refractivity contribution is -0.0594. The van der Waals surface area contributed by atoms with Gasteiger partial charge in [-0.15, -0.1) is 6.42 Å². The van der Waals surface area contributed by atoms with E-state index in [4.69, 9.17) is 6.42 Å². The highest BCUT2D eigenvalue weighted by atomic mass is 14.9. The smallest absolute Gasteiger partial charge is 0.0692 e. The summed E-state index contributed by atoms with van der Waals surface area (Å²) in [6.07, 6.45) is 15.9. The lowest BCUT2D eigenvalue weighted by Crippen LogP contribution is -2.48. The van der Waals surface area contributed by atoms with Gasteiger partial charge in [-0.25, -0.2) is 0 Å². The van der Waals surface area contributed by atoms with Gasteiger partial charge in [0.05, 0.1) is 6.04 Å². The van der Waals surface area contributed by atoms with Gasteiger partial charge >= 0.3 is 0 Å². The predicted molar refractivity (Wildman–Crippen MR) is 71.5 cm³/mol. The second-order valence-electron chi connectivity index (χ2n) is 6.90. The molecule has 1 nitrogen and oxygen atoms in total. The van der Waals surface area contributed by atoms with Gasteiger partial charge in [-0.2, -0.15) is 0 Å². The molecule has 4 rings (SSSR count). The van der Waals surface area contributed by atoms with Crippen molar-refractivity contribution in [2.75, 3.05) is 6.54 Å². The van der Waals surface area contributed by atoms with Gasteiger partial charge < -0.3 is 5.32 Å². The summed E-state index contributed by atoms with van der Waals surface area (Å²) in [5, 5.41) is 3.47. The molecule has 1 unspecified atom stereocenters. The van der Waals surface area contributed by atoms with Crippen LogP contribution in [0.2, 0.25) is 0 Å². The molecular formula is C16H25N. The summed E-state index contributed by atoms with van der Waals surface area (Å²) in [5.74, 6) is 6.10. The van der Waals surface area contributed by atoms with Gasteiger partial charge in [-0.3, -0.25) is 0 Å². The van der Waals surface area contributed by atoms with Crippen LogP contribution in [0.5, 0.6) is 0 Å². The Hall–Kier alpha value is -0.480. The predicted octanol–water partition coefficient (Wildman–Crippen LogP) is 3.20. The van der Waals surface area contributed by atoms with E-state index in [1.165, 1.54) is 44.9 Å². The van der Waals surface area contributed by atoms with E-state index in [9.17, 15) is 0 Å². The van der Waals surface area contributed by atoms with E-state index < -0.39 is 0 Å². The van der Waals surface area contributed by atoms with Crippen LogP contribution in [0.4, 0.5) is 0 Å². The minimum atomic E-state index is 0.316. The largest absolute Gasteiger partial charge is 0.304 e. The number of hydrogen-bond acceptors (Lipinski definition) is 1. The first-order valence-corrected chi connectivity index (χ1v) is 7.42. The van der Waals surface area contributed by atoms with Crippen LogP contribution in [-0.2, 0) is 0 Å². The van der Waals surface area contributed by atoms with Crippen molar-refractivity contribution in [3.8, 4) is 12.3 Å². The SMILES string of the molecule is C#CC(CC12CC3CC(CC(C3)C1)C2)NCC. The first-order chi connectivity index (χ1) is 8.23. The number of nitrogens with one attached hydrogen (secondary N) is 1. The van der Waals surface area contributed by atoms with E-state index in [0.29, 0.717) is 11.5 Å². The fourth-order valence-electron chi connectivity index (χ4n) is 5.41. The molecule has 1 N–H and O–H groups in total. The van der Waals surface area contributed by atoms with Crippen LogP contribution in [0.3, 0.4) is 0 Å². The van der Waals surface area contributed by atoms with Crippen LogP contribution in [0.15, 0.2) is 0 Å². The van der Waals surface area contributed by atoms with Gasteiger partial charge in [0.1, 0.15) is 0 Å². The van der Waals surface area contributed by atoms with E-state index in [-0.39, 0.29) is 0 Å². The minimum Gasteiger partial charge on any atom is -0.304 e. The normalized spacial score (nSPS) is 44.6. The first kappa shape index (κ1) is 11.6. The Morgan fingerprint density at radius 1 is 1.18 bits per heavy atom. The second-order valence-corrected chi connectivity index (χ2v) is 6.90. The third-order valence-electron chi connectivity index (χ3n) is 5.45. The third-order valence-corrected chi connectivity index (χ3v) is 5.45. The summed E-state index contributed by atoms with van der Waals surface area (Å²) in [5.41, 5.74) is 0.619. The first-order valence-electron chi connectivity index (χ1n) is 7.42. The van der Waals surface area contributed by atoms with Crippen molar-refractivity contribution < 1.29 is 0 Å². The molecule has 0 aromatic carbocycles. The molecule has 4 bridgehead atoms. The molecule has 4 aliphatic carbocycles. The Morgan fingerprint density at radius 3 is 2.12 bits per heavy atom. The maximum atomic E-state index is 5.68. The van der Waals surface area contributed by atoms with Crippen molar-refractivity contribution in [3.63, 3.8) is 0 Å². The molecule has 94 valence electrons. The Kier molecular flexibility index (Phi) is 2.95. The number of terminal acetylenes is 1. The van der Waals surface area contributed by atoms with E-state index in [1.807, 2.05) is 0 Å². The Balaban J connectivity index is 1.71. The van der Waals surface area contributed by atoms with Crippen LogP contribution in [-0.4, -0.2) is 12.6 Å². The monoisotopic (exact) mass is 231 g/mol. The maximum Gasteiger partial charge on any atom is 0.0692 e. The molecule has 0 aliphatic heterocycles. The molecule has 4 aliphatic rings. The summed E-state index contributed by atoms with van der Waals surface area (Å²) in [4.78, 5) is 0. The van der Waals surface area contributed by atoms with E-state index >= 15 is 0 Å². The summed E-state index contributed by atoms with van der Waals surface area (Å²) in [7, 11) is 0. The molecule has 1 heteroatoms. The molecule has 1 atom stereocenters. The number of hydrogen-bond donors (Lipinski definition) is 1. The zero-order chi connectivity index (χ0) is 11.9. The van der Waals surface area contributed by atoms with Crippen molar-refractivity contribution in [1.29, 1.82) is 0 Å². The lowest BCUT2D eigenvalue weighted by atomic mass is 9.48. The molecule has 4 saturated carbocycles. The van der Waals surface area contributed by atoms with Gasteiger partial charge in [0, 0.05) is 0 Å². The van der Waals surface area contributed by atoms with E-state index in [2.05, 4.69) is 18.2 Å². The van der Waals surface area contributed by atoms with E-state index in [0.717, 1.165) is 24.3 Å². The fraction of sp³-hybridized carbons (Fsp3) is 0.875. The van der Waals surface area contributed by atoms with Crippen molar-refractivity contribution in [2.24, 2.45) is 23.2 Å². The average molecular weight is 231 g/mol. The van der Waals surface area contributed by atoms with Gasteiger partial charge in [0.15, 0.2) is 0 Å². The molecule has 0 radical (unpaired) electrons. The quantitative estimate of drug-likeness (QED) is 0.733. The average Bonchev–Trinajstić information content (AvgIpc) is 2.26. The van der Waals surface area contributed by atoms with Crippen LogP contribution in [0.1, 0.15) is 51.9 Å². The highest BCUT2D eigenvalue weighted by molar-refractivity contribution is 5.07. The molecule has 17 heavy (non-hydrogen) atoms. The van der Waals surface area contributed by atoms with Crippen LogP contribution in [0.25, 0.3) is 0 Å². The van der Waals surface area contributed by atoms with Crippen LogP contribution >= 0.6 is 0 Å². The van der Waals surface area contributed by atoms with Gasteiger partial charge in [0.2, 0.25) is 0 Å². The topological polar surface area (TPSA) is 12.0 Å². The summed E-state index contributed by atoms with van der Waals surface area (Å²) < 4.78 is 0. The summed E-state index contributed by atoms with van der Waals surface area (Å²) in [6, 6.07) is 0.316. The standard InChI is InChI=1S/C16H25N/c1-3-15(17-4-2)11-16-8-12-5-13(9-16)7-14(6-12)10-16/h1,12-15,17H,4-11H2,2H3. The second kappa shape index (κ2) is 4.32. The summed E-state index contributed by atoms with van der Waals surface area (Å²) >= 11 is 0. The molecule has 0 spiro atoms. The van der Waals surface area contributed by atoms with Gasteiger partial charge in [-0.05, 0) is 74.7 Å². The van der Waals surface area contributed by atoms with Crippen molar-refractivity contribution in [3.05, 3.63) is 0 Å². The zero-order valence-electron chi connectivity index (χ0n) is 11.0. The highest BCUT2D eigenvalue weighted by Crippen LogP contribution is 2.61. The molecular weight excluding hydrogens is 206 g/mol. The molecule has 0 heterocycles. The van der Waals surface area contributed by atoms with E-state index in [1.54, 1.807) is 0 Å². The van der Waals surface area contributed by atoms with Crippen molar-refractivity contribution in [2.45, 2.75) is 57.9 Å². The van der Waals surface area contributed by atoms with Gasteiger partial charge in [0.25, 0.3) is 0 Å². The number of rotatable bonds is 4. The summed E-state index contributed by atoms with van der Waals surface area (Å²) in [6.45, 7) is 3.16. The highest BCUT2D eigenvalue weighted by Gasteiger charge is 2.51. The Bertz CT molecular complexity index is 290. The zero-order valence-corrected chi connectivity index (χ0v) is 11.0. The molecule has 4 fully saturated rings. The third kappa shape index (κ3) is 2.13. The lowest BCUT2D eigenvalue weighted by Gasteiger charge is -2.57. The van der Waals surface area contributed by atoms with Crippen LogP contribution < -0.4 is 5.32 Å². The Morgan fingerprint density at radius 2 is 1.71 bits per heavy atom. The molecule has 0 saturated heterocycles.